The van der Waals surface area contributed by atoms with E-state index in [4.69, 9.17) is 16.3 Å². The van der Waals surface area contributed by atoms with Crippen LogP contribution in [-0.4, -0.2) is 28.6 Å². The van der Waals surface area contributed by atoms with E-state index in [0.717, 1.165) is 11.4 Å². The highest BCUT2D eigenvalue weighted by molar-refractivity contribution is 6.31. The van der Waals surface area contributed by atoms with E-state index in [-0.39, 0.29) is 35.5 Å². The second kappa shape index (κ2) is 5.95. The summed E-state index contributed by atoms with van der Waals surface area (Å²) in [6, 6.07) is 5.21. The fourth-order valence-corrected chi connectivity index (χ4v) is 4.34. The Hall–Kier alpha value is -2.14. The Kier molecular flexibility index (Phi) is 3.95. The lowest BCUT2D eigenvalue weighted by Crippen LogP contribution is -2.28. The second-order valence-corrected chi connectivity index (χ2v) is 8.57. The molecule has 0 unspecified atom stereocenters. The van der Waals surface area contributed by atoms with Gasteiger partial charge < -0.3 is 4.74 Å². The van der Waals surface area contributed by atoms with E-state index in [1.165, 1.54) is 6.21 Å². The molecule has 3 aliphatic rings. The van der Waals surface area contributed by atoms with Gasteiger partial charge in [-0.1, -0.05) is 23.8 Å². The number of allylic oxidation sites excluding steroid dienone is 2. The number of nitrogens with zero attached hydrogens (tertiary/aromatic N) is 2. The normalized spacial score (nSPS) is 29.9. The number of amides is 2. The van der Waals surface area contributed by atoms with Crippen LogP contribution in [0.3, 0.4) is 0 Å². The molecule has 1 aromatic rings. The SMILES string of the molecule is CC(C)(C)Oc1ccc(Cl)cc1C=NN1C(=O)[C@@H]2[C@H](C1=O)[C@H]1C=C[C@H]2C1. The predicted octanol–water partition coefficient (Wildman–Crippen LogP) is 3.66. The number of benzene rings is 1. The van der Waals surface area contributed by atoms with Crippen LogP contribution in [0.15, 0.2) is 35.5 Å². The van der Waals surface area contributed by atoms with Crippen LogP contribution in [0.25, 0.3) is 0 Å². The lowest BCUT2D eigenvalue weighted by molar-refractivity contribution is -0.140. The Labute approximate surface area is 157 Å². The van der Waals surface area contributed by atoms with Gasteiger partial charge in [-0.25, -0.2) is 0 Å². The molecule has 0 radical (unpaired) electrons. The zero-order valence-corrected chi connectivity index (χ0v) is 15.7. The summed E-state index contributed by atoms with van der Waals surface area (Å²) in [7, 11) is 0. The van der Waals surface area contributed by atoms with Gasteiger partial charge in [0.15, 0.2) is 0 Å². The number of carbonyl (C=O) groups excluding carboxylic acids is 2. The number of hydrazone groups is 1. The van der Waals surface area contributed by atoms with Crippen molar-refractivity contribution in [3.8, 4) is 5.75 Å². The van der Waals surface area contributed by atoms with Gasteiger partial charge in [0, 0.05) is 10.6 Å². The third kappa shape index (κ3) is 2.84. The lowest BCUT2D eigenvalue weighted by atomic mass is 9.85. The highest BCUT2D eigenvalue weighted by atomic mass is 35.5. The first-order valence-electron chi connectivity index (χ1n) is 8.83. The Balaban J connectivity index is 1.60. The second-order valence-electron chi connectivity index (χ2n) is 8.13. The van der Waals surface area contributed by atoms with Gasteiger partial charge in [-0.05, 0) is 57.2 Å². The Morgan fingerprint density at radius 3 is 2.35 bits per heavy atom. The van der Waals surface area contributed by atoms with E-state index in [9.17, 15) is 9.59 Å². The summed E-state index contributed by atoms with van der Waals surface area (Å²) in [4.78, 5) is 25.4. The molecule has 1 heterocycles. The minimum Gasteiger partial charge on any atom is -0.487 e. The summed E-state index contributed by atoms with van der Waals surface area (Å²) >= 11 is 6.09. The summed E-state index contributed by atoms with van der Waals surface area (Å²) in [6.45, 7) is 5.83. The van der Waals surface area contributed by atoms with Crippen LogP contribution in [-0.2, 0) is 9.59 Å². The molecule has 1 saturated carbocycles. The number of hydrogen-bond acceptors (Lipinski definition) is 4. The quantitative estimate of drug-likeness (QED) is 0.462. The number of ether oxygens (including phenoxy) is 1. The Morgan fingerprint density at radius 1 is 1.15 bits per heavy atom. The molecule has 5 nitrogen and oxygen atoms in total. The molecule has 2 bridgehead atoms. The number of halogens is 1. The van der Waals surface area contributed by atoms with Crippen molar-refractivity contribution >= 4 is 29.6 Å². The smallest absolute Gasteiger partial charge is 0.254 e. The molecule has 136 valence electrons. The minimum absolute atomic E-state index is 0.174. The molecule has 2 fully saturated rings. The van der Waals surface area contributed by atoms with E-state index in [1.54, 1.807) is 18.2 Å². The van der Waals surface area contributed by atoms with Crippen LogP contribution >= 0.6 is 11.6 Å². The molecule has 0 spiro atoms. The first kappa shape index (κ1) is 17.3. The highest BCUT2D eigenvalue weighted by Gasteiger charge is 2.59. The van der Waals surface area contributed by atoms with Gasteiger partial charge in [0.25, 0.3) is 11.8 Å². The molecule has 4 rings (SSSR count). The van der Waals surface area contributed by atoms with Crippen molar-refractivity contribution in [2.45, 2.75) is 32.8 Å². The molecular formula is C20H21ClN2O3. The first-order chi connectivity index (χ1) is 12.2. The third-order valence-corrected chi connectivity index (χ3v) is 5.38. The molecule has 0 N–H and O–H groups in total. The largest absolute Gasteiger partial charge is 0.487 e. The molecule has 4 atom stereocenters. The van der Waals surface area contributed by atoms with Crippen LogP contribution in [0.4, 0.5) is 0 Å². The predicted molar refractivity (Wildman–Crippen MR) is 99.0 cm³/mol. The summed E-state index contributed by atoms with van der Waals surface area (Å²) in [5, 5.41) is 5.77. The van der Waals surface area contributed by atoms with E-state index >= 15 is 0 Å². The van der Waals surface area contributed by atoms with Crippen molar-refractivity contribution < 1.29 is 14.3 Å². The first-order valence-corrected chi connectivity index (χ1v) is 9.21. The van der Waals surface area contributed by atoms with Crippen molar-refractivity contribution in [3.05, 3.63) is 40.9 Å². The van der Waals surface area contributed by atoms with Crippen molar-refractivity contribution in [1.29, 1.82) is 0 Å². The van der Waals surface area contributed by atoms with Crippen LogP contribution < -0.4 is 4.74 Å². The van der Waals surface area contributed by atoms with Crippen molar-refractivity contribution in [3.63, 3.8) is 0 Å². The third-order valence-electron chi connectivity index (χ3n) is 5.15. The fraction of sp³-hybridized carbons (Fsp3) is 0.450. The summed E-state index contributed by atoms with van der Waals surface area (Å²) in [5.74, 6) is 0.0485. The molecule has 2 aliphatic carbocycles. The van der Waals surface area contributed by atoms with E-state index < -0.39 is 5.60 Å². The molecule has 1 saturated heterocycles. The number of fused-ring (bicyclic) bond motifs is 5. The molecule has 1 aromatic carbocycles. The van der Waals surface area contributed by atoms with Crippen molar-refractivity contribution in [1.82, 2.24) is 5.01 Å². The topological polar surface area (TPSA) is 59.0 Å². The molecule has 6 heteroatoms. The maximum Gasteiger partial charge on any atom is 0.254 e. The number of imide groups is 1. The molecular weight excluding hydrogens is 352 g/mol. The summed E-state index contributed by atoms with van der Waals surface area (Å²) < 4.78 is 5.93. The zero-order valence-electron chi connectivity index (χ0n) is 15.0. The lowest BCUT2D eigenvalue weighted by Gasteiger charge is -2.22. The maximum atomic E-state index is 12.7. The Morgan fingerprint density at radius 2 is 1.77 bits per heavy atom. The summed E-state index contributed by atoms with van der Waals surface area (Å²) in [6.07, 6.45) is 6.52. The van der Waals surface area contributed by atoms with Gasteiger partial charge in [-0.15, -0.1) is 0 Å². The minimum atomic E-state index is -0.391. The van der Waals surface area contributed by atoms with Gasteiger partial charge in [-0.2, -0.15) is 10.1 Å². The van der Waals surface area contributed by atoms with Crippen molar-refractivity contribution in [2.24, 2.45) is 28.8 Å². The molecule has 1 aliphatic heterocycles. The van der Waals surface area contributed by atoms with E-state index in [0.29, 0.717) is 16.3 Å². The van der Waals surface area contributed by atoms with Crippen molar-refractivity contribution in [2.75, 3.05) is 0 Å². The highest BCUT2D eigenvalue weighted by Crippen LogP contribution is 2.52. The molecule has 0 aromatic heterocycles. The maximum absolute atomic E-state index is 12.7. The average molecular weight is 373 g/mol. The van der Waals surface area contributed by atoms with Gasteiger partial charge in [0.1, 0.15) is 11.4 Å². The van der Waals surface area contributed by atoms with E-state index in [1.807, 2.05) is 20.8 Å². The van der Waals surface area contributed by atoms with Gasteiger partial charge in [0.2, 0.25) is 0 Å². The average Bonchev–Trinajstić information content (AvgIpc) is 3.22. The van der Waals surface area contributed by atoms with Crippen LogP contribution in [0, 0.1) is 23.7 Å². The van der Waals surface area contributed by atoms with Gasteiger partial charge >= 0.3 is 0 Å². The van der Waals surface area contributed by atoms with E-state index in [2.05, 4.69) is 17.3 Å². The van der Waals surface area contributed by atoms with Gasteiger partial charge in [-0.3, -0.25) is 9.59 Å². The van der Waals surface area contributed by atoms with Crippen LogP contribution in [0.1, 0.15) is 32.8 Å². The standard InChI is InChI=1S/C20H21ClN2O3/c1-20(2,3)26-15-7-6-14(21)9-13(15)10-22-23-18(24)16-11-4-5-12(8-11)17(16)19(23)25/h4-7,9-12,16-17H,8H2,1-3H3/t11-,12-,16-,17+/m0/s1. The van der Waals surface area contributed by atoms with Crippen LogP contribution in [0.2, 0.25) is 5.02 Å². The monoisotopic (exact) mass is 372 g/mol. The molecule has 2 amide bonds. The van der Waals surface area contributed by atoms with Crippen LogP contribution in [0.5, 0.6) is 5.75 Å². The van der Waals surface area contributed by atoms with Gasteiger partial charge in [0.05, 0.1) is 18.1 Å². The zero-order chi connectivity index (χ0) is 18.6. The number of rotatable bonds is 3. The summed E-state index contributed by atoms with van der Waals surface area (Å²) in [5.41, 5.74) is 0.239. The number of hydrogen-bond donors (Lipinski definition) is 0. The Bertz CT molecular complexity index is 810. The fourth-order valence-electron chi connectivity index (χ4n) is 4.16. The number of carbonyl (C=O) groups is 2. The molecule has 26 heavy (non-hydrogen) atoms.